The van der Waals surface area contributed by atoms with Crippen molar-refractivity contribution in [3.63, 3.8) is 0 Å². The molecule has 10 heteroatoms. The van der Waals surface area contributed by atoms with Crippen LogP contribution in [-0.2, 0) is 0 Å². The molecule has 2 aliphatic rings. The molecule has 1 aliphatic heterocycles. The van der Waals surface area contributed by atoms with Gasteiger partial charge < -0.3 is 14.2 Å². The van der Waals surface area contributed by atoms with Gasteiger partial charge in [0.15, 0.2) is 0 Å². The fraction of sp³-hybridized carbons (Fsp3) is 0.360. The van der Waals surface area contributed by atoms with E-state index in [-0.39, 0.29) is 18.1 Å². The third-order valence-electron chi connectivity index (χ3n) is 6.60. The molecule has 178 valence electrons. The van der Waals surface area contributed by atoms with Crippen LogP contribution in [0.5, 0.6) is 5.88 Å². The average molecular weight is 472 g/mol. The Morgan fingerprint density at radius 1 is 1.09 bits per heavy atom. The van der Waals surface area contributed by atoms with Crippen LogP contribution in [-0.4, -0.2) is 53.6 Å². The maximum atomic E-state index is 13.7. The van der Waals surface area contributed by atoms with Crippen LogP contribution in [0.3, 0.4) is 0 Å². The van der Waals surface area contributed by atoms with E-state index in [0.29, 0.717) is 41.0 Å². The van der Waals surface area contributed by atoms with Crippen molar-refractivity contribution in [2.24, 2.45) is 0 Å². The first-order chi connectivity index (χ1) is 17.2. The summed E-state index contributed by atoms with van der Waals surface area (Å²) in [7, 11) is 0. The zero-order valence-corrected chi connectivity index (χ0v) is 19.4. The molecule has 4 heterocycles. The van der Waals surface area contributed by atoms with Crippen molar-refractivity contribution in [2.45, 2.75) is 51.2 Å². The molecule has 1 amide bonds. The van der Waals surface area contributed by atoms with Gasteiger partial charge in [-0.05, 0) is 63.3 Å². The molecule has 6 rings (SSSR count). The van der Waals surface area contributed by atoms with E-state index in [9.17, 15) is 4.79 Å². The van der Waals surface area contributed by atoms with Crippen LogP contribution < -0.4 is 4.74 Å². The highest BCUT2D eigenvalue weighted by Gasteiger charge is 2.36. The number of aromatic nitrogens is 6. The molecule has 0 N–H and O–H groups in total. The Balaban J connectivity index is 1.29. The Bertz CT molecular complexity index is 1350. The van der Waals surface area contributed by atoms with Gasteiger partial charge in [-0.2, -0.15) is 20.0 Å². The molecule has 1 aromatic carbocycles. The van der Waals surface area contributed by atoms with Crippen LogP contribution in [0.25, 0.3) is 17.1 Å². The summed E-state index contributed by atoms with van der Waals surface area (Å²) in [6, 6.07) is 9.07. The Morgan fingerprint density at radius 3 is 2.74 bits per heavy atom. The lowest BCUT2D eigenvalue weighted by Crippen LogP contribution is -2.31. The first-order valence-electron chi connectivity index (χ1n) is 11.9. The molecule has 1 atom stereocenters. The molecule has 0 spiro atoms. The Hall–Kier alpha value is -4.08. The minimum absolute atomic E-state index is 0.112. The summed E-state index contributed by atoms with van der Waals surface area (Å²) < 4.78 is 11.7. The predicted octanol–water partition coefficient (Wildman–Crippen LogP) is 3.93. The molecule has 2 fully saturated rings. The molecule has 1 saturated heterocycles. The van der Waals surface area contributed by atoms with E-state index < -0.39 is 0 Å². The zero-order chi connectivity index (χ0) is 23.8. The van der Waals surface area contributed by atoms with E-state index in [0.717, 1.165) is 31.2 Å². The molecule has 1 saturated carbocycles. The lowest BCUT2D eigenvalue weighted by molar-refractivity contribution is 0.0709. The molecule has 35 heavy (non-hydrogen) atoms. The minimum Gasteiger partial charge on any atom is -0.474 e. The van der Waals surface area contributed by atoms with Crippen LogP contribution in [0.15, 0.2) is 53.4 Å². The summed E-state index contributed by atoms with van der Waals surface area (Å²) in [5.41, 5.74) is 2.85. The Morgan fingerprint density at radius 2 is 1.94 bits per heavy atom. The van der Waals surface area contributed by atoms with Gasteiger partial charge in [-0.1, -0.05) is 16.8 Å². The maximum absolute atomic E-state index is 13.7. The summed E-state index contributed by atoms with van der Waals surface area (Å²) in [4.78, 5) is 26.0. The van der Waals surface area contributed by atoms with Crippen molar-refractivity contribution in [1.29, 1.82) is 0 Å². The summed E-state index contributed by atoms with van der Waals surface area (Å²) in [6.07, 6.45) is 9.88. The number of hydrogen-bond donors (Lipinski definition) is 0. The number of nitrogens with zero attached hydrogens (tertiary/aromatic N) is 7. The van der Waals surface area contributed by atoms with Crippen molar-refractivity contribution in [3.05, 3.63) is 65.9 Å². The molecule has 0 unspecified atom stereocenters. The molecule has 0 bridgehead atoms. The van der Waals surface area contributed by atoms with E-state index in [2.05, 4.69) is 25.3 Å². The van der Waals surface area contributed by atoms with E-state index in [1.54, 1.807) is 23.5 Å². The Kier molecular flexibility index (Phi) is 5.48. The standard InChI is InChI=1S/C25H25N7O3/c1-16-9-10-20(32-27-12-13-28-32)19(15-16)25(33)31-14-4-8-21(31)24-29-22(30-35-24)18-7-3-11-26-23(18)34-17-5-2-6-17/h3,7,9-13,15,17,21H,2,4-6,8,14H2,1H3/t21-/m0/s1. The first-order valence-corrected chi connectivity index (χ1v) is 11.9. The summed E-state index contributed by atoms with van der Waals surface area (Å²) in [5.74, 6) is 1.23. The number of aryl methyl sites for hydroxylation is 1. The number of ether oxygens (including phenoxy) is 1. The molecule has 10 nitrogen and oxygen atoms in total. The van der Waals surface area contributed by atoms with Crippen molar-refractivity contribution < 1.29 is 14.1 Å². The monoisotopic (exact) mass is 471 g/mol. The van der Waals surface area contributed by atoms with E-state index in [1.807, 2.05) is 37.3 Å². The summed E-state index contributed by atoms with van der Waals surface area (Å²) in [5, 5.41) is 12.6. The predicted molar refractivity (Wildman–Crippen MR) is 125 cm³/mol. The van der Waals surface area contributed by atoms with Crippen LogP contribution in [0, 0.1) is 6.92 Å². The number of carbonyl (C=O) groups is 1. The minimum atomic E-state index is -0.310. The number of benzene rings is 1. The number of hydrogen-bond acceptors (Lipinski definition) is 8. The van der Waals surface area contributed by atoms with Crippen molar-refractivity contribution in [1.82, 2.24) is 35.0 Å². The third-order valence-corrected chi connectivity index (χ3v) is 6.60. The van der Waals surface area contributed by atoms with Crippen LogP contribution in [0.1, 0.15) is 60.0 Å². The second kappa shape index (κ2) is 8.94. The van der Waals surface area contributed by atoms with Gasteiger partial charge in [-0.25, -0.2) is 4.98 Å². The lowest BCUT2D eigenvalue weighted by atomic mass is 9.96. The van der Waals surface area contributed by atoms with Gasteiger partial charge in [0.2, 0.25) is 17.6 Å². The van der Waals surface area contributed by atoms with Gasteiger partial charge in [0.05, 0.1) is 29.2 Å². The fourth-order valence-corrected chi connectivity index (χ4v) is 4.54. The Labute approximate surface area is 201 Å². The largest absolute Gasteiger partial charge is 0.474 e. The third kappa shape index (κ3) is 4.05. The highest BCUT2D eigenvalue weighted by atomic mass is 16.5. The molecule has 3 aromatic heterocycles. The highest BCUT2D eigenvalue weighted by Crippen LogP contribution is 2.36. The smallest absolute Gasteiger partial charge is 0.256 e. The van der Waals surface area contributed by atoms with E-state index in [4.69, 9.17) is 9.26 Å². The maximum Gasteiger partial charge on any atom is 0.256 e. The van der Waals surface area contributed by atoms with E-state index in [1.165, 1.54) is 11.2 Å². The van der Waals surface area contributed by atoms with Crippen LogP contribution in [0.4, 0.5) is 0 Å². The molecular formula is C25H25N7O3. The quantitative estimate of drug-likeness (QED) is 0.416. The van der Waals surface area contributed by atoms with Gasteiger partial charge in [-0.15, -0.1) is 0 Å². The number of carbonyl (C=O) groups excluding carboxylic acids is 1. The van der Waals surface area contributed by atoms with Crippen molar-refractivity contribution in [2.75, 3.05) is 6.54 Å². The van der Waals surface area contributed by atoms with Gasteiger partial charge >= 0.3 is 0 Å². The van der Waals surface area contributed by atoms with Gasteiger partial charge in [0.25, 0.3) is 5.91 Å². The molecular weight excluding hydrogens is 446 g/mol. The normalized spacial score (nSPS) is 18.0. The average Bonchev–Trinajstić information content (AvgIpc) is 3.62. The summed E-state index contributed by atoms with van der Waals surface area (Å²) >= 11 is 0. The molecule has 4 aromatic rings. The fourth-order valence-electron chi connectivity index (χ4n) is 4.54. The number of likely N-dealkylation sites (tertiary alicyclic amines) is 1. The lowest BCUT2D eigenvalue weighted by Gasteiger charge is -2.26. The van der Waals surface area contributed by atoms with Gasteiger partial charge in [-0.3, -0.25) is 4.79 Å². The molecule has 1 aliphatic carbocycles. The van der Waals surface area contributed by atoms with Crippen LogP contribution >= 0.6 is 0 Å². The van der Waals surface area contributed by atoms with Crippen LogP contribution in [0.2, 0.25) is 0 Å². The number of rotatable bonds is 6. The molecule has 0 radical (unpaired) electrons. The SMILES string of the molecule is Cc1ccc(-n2nccn2)c(C(=O)N2CCC[C@H]2c2nc(-c3cccnc3OC3CCC3)no2)c1. The summed E-state index contributed by atoms with van der Waals surface area (Å²) in [6.45, 7) is 2.56. The van der Waals surface area contributed by atoms with Crippen molar-refractivity contribution in [3.8, 4) is 23.0 Å². The van der Waals surface area contributed by atoms with Crippen molar-refractivity contribution >= 4 is 5.91 Å². The highest BCUT2D eigenvalue weighted by molar-refractivity contribution is 5.98. The van der Waals surface area contributed by atoms with Gasteiger partial charge in [0.1, 0.15) is 12.1 Å². The first kappa shape index (κ1) is 21.5. The number of pyridine rings is 1. The van der Waals surface area contributed by atoms with Gasteiger partial charge in [0, 0.05) is 12.7 Å². The van der Waals surface area contributed by atoms with E-state index >= 15 is 0 Å². The second-order valence-electron chi connectivity index (χ2n) is 8.98. The number of amides is 1. The zero-order valence-electron chi connectivity index (χ0n) is 19.4. The topological polar surface area (TPSA) is 112 Å². The second-order valence-corrected chi connectivity index (χ2v) is 8.98.